The van der Waals surface area contributed by atoms with Gasteiger partial charge in [0.2, 0.25) is 6.79 Å². The van der Waals surface area contributed by atoms with Crippen molar-refractivity contribution in [1.29, 1.82) is 0 Å². The van der Waals surface area contributed by atoms with Crippen molar-refractivity contribution < 1.29 is 27.2 Å². The van der Waals surface area contributed by atoms with Gasteiger partial charge in [-0.05, 0) is 24.6 Å². The molecule has 1 N–H and O–H groups in total. The molecule has 8 heteroatoms. The van der Waals surface area contributed by atoms with Crippen LogP contribution >= 0.6 is 11.6 Å². The Morgan fingerprint density at radius 3 is 2.64 bits per heavy atom. The van der Waals surface area contributed by atoms with Crippen LogP contribution in [0.3, 0.4) is 0 Å². The molecule has 0 saturated heterocycles. The lowest BCUT2D eigenvalue weighted by molar-refractivity contribution is 0.0567. The maximum Gasteiger partial charge on any atom is 0.298 e. The molecule has 132 valence electrons. The topological polar surface area (TPSA) is 82.1 Å². The van der Waals surface area contributed by atoms with Crippen LogP contribution in [-0.4, -0.2) is 20.3 Å². The third-order valence-electron chi connectivity index (χ3n) is 3.63. The molecule has 0 fully saturated rings. The Hall–Kier alpha value is -2.22. The third-order valence-corrected chi connectivity index (χ3v) is 5.25. The van der Waals surface area contributed by atoms with Gasteiger partial charge in [0.25, 0.3) is 10.1 Å². The van der Waals surface area contributed by atoms with Gasteiger partial charge in [0.05, 0.1) is 4.90 Å². The maximum absolute atomic E-state index is 12.6. The predicted octanol–water partition coefficient (Wildman–Crippen LogP) is 3.65. The van der Waals surface area contributed by atoms with E-state index in [0.29, 0.717) is 16.1 Å². The van der Waals surface area contributed by atoms with Crippen LogP contribution in [0.15, 0.2) is 59.4 Å². The SMILES string of the molecule is Cc1ccc(S(=O)(=O)OC(C2=COCO2)c2ccccc2Cl)cc1O. The molecule has 0 amide bonds. The quantitative estimate of drug-likeness (QED) is 0.795. The first-order valence-corrected chi connectivity index (χ1v) is 9.09. The van der Waals surface area contributed by atoms with Crippen LogP contribution in [0.2, 0.25) is 5.02 Å². The van der Waals surface area contributed by atoms with E-state index in [-0.39, 0.29) is 23.2 Å². The van der Waals surface area contributed by atoms with Crippen molar-refractivity contribution in [2.45, 2.75) is 17.9 Å². The number of halogens is 1. The lowest BCUT2D eigenvalue weighted by Gasteiger charge is -2.19. The monoisotopic (exact) mass is 382 g/mol. The Labute approximate surface area is 150 Å². The van der Waals surface area contributed by atoms with Crippen molar-refractivity contribution >= 4 is 21.7 Å². The van der Waals surface area contributed by atoms with Gasteiger partial charge in [0, 0.05) is 16.7 Å². The summed E-state index contributed by atoms with van der Waals surface area (Å²) in [4.78, 5) is -0.174. The van der Waals surface area contributed by atoms with Gasteiger partial charge in [-0.1, -0.05) is 35.9 Å². The standard InChI is InChI=1S/C17H15ClO6S/c1-11-6-7-12(8-15(11)19)25(20,21)24-17(16-9-22-10-23-16)13-4-2-3-5-14(13)18/h2-9,17,19H,10H2,1H3. The summed E-state index contributed by atoms with van der Waals surface area (Å²) >= 11 is 6.18. The van der Waals surface area contributed by atoms with Crippen LogP contribution < -0.4 is 0 Å². The predicted molar refractivity (Wildman–Crippen MR) is 90.4 cm³/mol. The summed E-state index contributed by atoms with van der Waals surface area (Å²) < 4.78 is 41.0. The molecule has 0 bridgehead atoms. The first-order valence-electron chi connectivity index (χ1n) is 7.30. The number of phenols is 1. The highest BCUT2D eigenvalue weighted by atomic mass is 35.5. The first-order chi connectivity index (χ1) is 11.9. The van der Waals surface area contributed by atoms with Gasteiger partial charge in [0.1, 0.15) is 12.0 Å². The van der Waals surface area contributed by atoms with Gasteiger partial charge in [-0.25, -0.2) is 4.18 Å². The number of benzene rings is 2. The Kier molecular flexibility index (Phi) is 4.89. The molecule has 2 aromatic rings. The second-order valence-corrected chi connectivity index (χ2v) is 7.33. The van der Waals surface area contributed by atoms with E-state index >= 15 is 0 Å². The van der Waals surface area contributed by atoms with E-state index in [9.17, 15) is 13.5 Å². The van der Waals surface area contributed by atoms with E-state index in [1.165, 1.54) is 18.4 Å². The third kappa shape index (κ3) is 3.73. The molecule has 0 saturated carbocycles. The highest BCUT2D eigenvalue weighted by molar-refractivity contribution is 7.86. The highest BCUT2D eigenvalue weighted by Crippen LogP contribution is 2.36. The zero-order valence-corrected chi connectivity index (χ0v) is 14.8. The fourth-order valence-electron chi connectivity index (χ4n) is 2.26. The lowest BCUT2D eigenvalue weighted by atomic mass is 10.1. The largest absolute Gasteiger partial charge is 0.508 e. The molecule has 0 radical (unpaired) electrons. The number of ether oxygens (including phenoxy) is 2. The lowest BCUT2D eigenvalue weighted by Crippen LogP contribution is -2.15. The molecule has 1 aliphatic heterocycles. The molecule has 0 aromatic heterocycles. The second kappa shape index (κ2) is 6.95. The summed E-state index contributed by atoms with van der Waals surface area (Å²) in [6.45, 7) is 1.62. The fourth-order valence-corrected chi connectivity index (χ4v) is 3.55. The fraction of sp³-hybridized carbons (Fsp3) is 0.176. The van der Waals surface area contributed by atoms with Gasteiger partial charge in [-0.2, -0.15) is 8.42 Å². The number of hydrogen-bond acceptors (Lipinski definition) is 6. The minimum atomic E-state index is -4.20. The number of aromatic hydroxyl groups is 1. The smallest absolute Gasteiger partial charge is 0.298 e. The molecule has 0 aliphatic carbocycles. The summed E-state index contributed by atoms with van der Waals surface area (Å²) in [5.74, 6) is 0.0478. The number of aryl methyl sites for hydroxylation is 1. The van der Waals surface area contributed by atoms with Gasteiger partial charge in [-0.15, -0.1) is 0 Å². The normalized spacial score (nSPS) is 15.2. The Bertz CT molecular complexity index is 922. The maximum atomic E-state index is 12.6. The summed E-state index contributed by atoms with van der Waals surface area (Å²) in [5, 5.41) is 10.1. The molecular formula is C17H15ClO6S. The Morgan fingerprint density at radius 1 is 1.24 bits per heavy atom. The van der Waals surface area contributed by atoms with E-state index in [2.05, 4.69) is 0 Å². The van der Waals surface area contributed by atoms with Gasteiger partial charge >= 0.3 is 0 Å². The average molecular weight is 383 g/mol. The van der Waals surface area contributed by atoms with Crippen molar-refractivity contribution in [2.24, 2.45) is 0 Å². The van der Waals surface area contributed by atoms with E-state index < -0.39 is 16.2 Å². The summed E-state index contributed by atoms with van der Waals surface area (Å²) in [7, 11) is -4.20. The molecule has 1 atom stereocenters. The van der Waals surface area contributed by atoms with Crippen molar-refractivity contribution in [2.75, 3.05) is 6.79 Å². The van der Waals surface area contributed by atoms with Crippen molar-refractivity contribution in [3.8, 4) is 5.75 Å². The van der Waals surface area contributed by atoms with Gasteiger partial charge < -0.3 is 14.6 Å². The van der Waals surface area contributed by atoms with Crippen LogP contribution in [0.4, 0.5) is 0 Å². The summed E-state index contributed by atoms with van der Waals surface area (Å²) in [6, 6.07) is 10.7. The minimum absolute atomic E-state index is 0.0367. The average Bonchev–Trinajstić information content (AvgIpc) is 3.10. The van der Waals surface area contributed by atoms with Crippen LogP contribution in [0, 0.1) is 6.92 Å². The first kappa shape index (κ1) is 17.6. The summed E-state index contributed by atoms with van der Waals surface area (Å²) in [5.41, 5.74) is 0.970. The molecule has 1 heterocycles. The van der Waals surface area contributed by atoms with Crippen LogP contribution in [0.1, 0.15) is 17.2 Å². The van der Waals surface area contributed by atoms with Crippen LogP contribution in [0.5, 0.6) is 5.75 Å². The van der Waals surface area contributed by atoms with Crippen molar-refractivity contribution in [3.63, 3.8) is 0 Å². The van der Waals surface area contributed by atoms with E-state index in [1.54, 1.807) is 31.2 Å². The minimum Gasteiger partial charge on any atom is -0.508 e. The van der Waals surface area contributed by atoms with Gasteiger partial charge in [0.15, 0.2) is 11.9 Å². The second-order valence-electron chi connectivity index (χ2n) is 5.35. The summed E-state index contributed by atoms with van der Waals surface area (Å²) in [6.07, 6.45) is 0.181. The van der Waals surface area contributed by atoms with E-state index in [0.717, 1.165) is 6.07 Å². The Balaban J connectivity index is 2.00. The zero-order valence-electron chi connectivity index (χ0n) is 13.2. The van der Waals surface area contributed by atoms with Crippen molar-refractivity contribution in [1.82, 2.24) is 0 Å². The van der Waals surface area contributed by atoms with Crippen LogP contribution in [0.25, 0.3) is 0 Å². The molecule has 3 rings (SSSR count). The highest BCUT2D eigenvalue weighted by Gasteiger charge is 2.31. The Morgan fingerprint density at radius 2 is 2.00 bits per heavy atom. The van der Waals surface area contributed by atoms with E-state index in [1.807, 2.05) is 0 Å². The number of rotatable bonds is 5. The molecular weight excluding hydrogens is 368 g/mol. The molecule has 25 heavy (non-hydrogen) atoms. The number of hydrogen-bond donors (Lipinski definition) is 1. The molecule has 0 spiro atoms. The zero-order chi connectivity index (χ0) is 18.0. The molecule has 2 aromatic carbocycles. The molecule has 1 aliphatic rings. The molecule has 1 unspecified atom stereocenters. The van der Waals surface area contributed by atoms with Crippen molar-refractivity contribution in [3.05, 3.63) is 70.6 Å². The molecule has 6 nitrogen and oxygen atoms in total. The van der Waals surface area contributed by atoms with Crippen LogP contribution in [-0.2, 0) is 23.8 Å². The van der Waals surface area contributed by atoms with Gasteiger partial charge in [-0.3, -0.25) is 0 Å². The van der Waals surface area contributed by atoms with E-state index in [4.69, 9.17) is 25.3 Å². The number of phenolic OH excluding ortho intramolecular Hbond substituents is 1.